The fourth-order valence-electron chi connectivity index (χ4n) is 2.31. The second-order valence-corrected chi connectivity index (χ2v) is 5.74. The molecule has 0 saturated carbocycles. The molecule has 0 fully saturated rings. The van der Waals surface area contributed by atoms with E-state index in [2.05, 4.69) is 5.32 Å². The van der Waals surface area contributed by atoms with Crippen molar-refractivity contribution in [2.75, 3.05) is 19.5 Å². The number of methoxy groups -OCH3 is 2. The fraction of sp³-hybridized carbons (Fsp3) is 0.118. The number of phenols is 1. The van der Waals surface area contributed by atoms with E-state index in [4.69, 9.17) is 9.47 Å². The van der Waals surface area contributed by atoms with Crippen LogP contribution in [0.15, 0.2) is 41.8 Å². The highest BCUT2D eigenvalue weighted by Crippen LogP contribution is 2.37. The maximum atomic E-state index is 12.5. The number of fused-ring (bicyclic) bond motifs is 1. The average molecular weight is 329 g/mol. The molecule has 118 valence electrons. The number of hydrogen-bond donors (Lipinski definition) is 2. The highest BCUT2D eigenvalue weighted by molar-refractivity contribution is 7.17. The van der Waals surface area contributed by atoms with E-state index in [0.717, 1.165) is 15.8 Å². The van der Waals surface area contributed by atoms with Gasteiger partial charge in [-0.25, -0.2) is 0 Å². The van der Waals surface area contributed by atoms with Gasteiger partial charge >= 0.3 is 0 Å². The maximum absolute atomic E-state index is 12.5. The largest absolute Gasteiger partial charge is 0.502 e. The zero-order valence-corrected chi connectivity index (χ0v) is 13.4. The van der Waals surface area contributed by atoms with E-state index in [0.29, 0.717) is 5.56 Å². The van der Waals surface area contributed by atoms with Crippen LogP contribution in [0.4, 0.5) is 5.69 Å². The summed E-state index contributed by atoms with van der Waals surface area (Å²) in [6, 6.07) is 10.7. The molecule has 1 heterocycles. The second-order valence-electron chi connectivity index (χ2n) is 4.83. The summed E-state index contributed by atoms with van der Waals surface area (Å²) in [5.74, 6) is -0.0675. The quantitative estimate of drug-likeness (QED) is 0.762. The Morgan fingerprint density at radius 1 is 1.13 bits per heavy atom. The molecule has 2 aromatic carbocycles. The second kappa shape index (κ2) is 6.18. The van der Waals surface area contributed by atoms with Crippen LogP contribution in [0.1, 0.15) is 10.4 Å². The number of hydrogen-bond acceptors (Lipinski definition) is 5. The number of aromatic hydroxyl groups is 1. The molecule has 0 aliphatic rings. The molecular formula is C17H15NO4S. The molecule has 1 aromatic heterocycles. The van der Waals surface area contributed by atoms with Gasteiger partial charge in [-0.3, -0.25) is 4.79 Å². The highest BCUT2D eigenvalue weighted by Gasteiger charge is 2.16. The molecule has 3 rings (SSSR count). The summed E-state index contributed by atoms with van der Waals surface area (Å²) in [6.07, 6.45) is 0. The maximum Gasteiger partial charge on any atom is 0.255 e. The lowest BCUT2D eigenvalue weighted by Gasteiger charge is -2.12. The third-order valence-corrected chi connectivity index (χ3v) is 4.43. The molecule has 1 amide bonds. The van der Waals surface area contributed by atoms with Crippen molar-refractivity contribution in [1.29, 1.82) is 0 Å². The summed E-state index contributed by atoms with van der Waals surface area (Å²) < 4.78 is 11.2. The zero-order valence-electron chi connectivity index (χ0n) is 12.6. The van der Waals surface area contributed by atoms with E-state index in [-0.39, 0.29) is 23.2 Å². The molecule has 6 heteroatoms. The average Bonchev–Trinajstić information content (AvgIpc) is 3.04. The number of anilines is 1. The number of thiophene rings is 1. The fourth-order valence-corrected chi connectivity index (χ4v) is 3.18. The summed E-state index contributed by atoms with van der Waals surface area (Å²) in [5.41, 5.74) is 1.08. The van der Waals surface area contributed by atoms with Crippen LogP contribution in [0.2, 0.25) is 0 Å². The first-order valence-corrected chi connectivity index (χ1v) is 7.74. The van der Waals surface area contributed by atoms with Crippen LogP contribution in [0.25, 0.3) is 10.1 Å². The third kappa shape index (κ3) is 2.80. The highest BCUT2D eigenvalue weighted by atomic mass is 32.1. The van der Waals surface area contributed by atoms with Crippen LogP contribution >= 0.6 is 11.3 Å². The Labute approximate surface area is 137 Å². The molecule has 23 heavy (non-hydrogen) atoms. The molecular weight excluding hydrogens is 314 g/mol. The van der Waals surface area contributed by atoms with Gasteiger partial charge in [0.15, 0.2) is 11.5 Å². The summed E-state index contributed by atoms with van der Waals surface area (Å²) in [4.78, 5) is 12.5. The lowest BCUT2D eigenvalue weighted by atomic mass is 10.1. The number of carbonyl (C=O) groups excluding carboxylic acids is 1. The molecule has 0 aliphatic heterocycles. The summed E-state index contributed by atoms with van der Waals surface area (Å²) in [5, 5.41) is 15.9. The van der Waals surface area contributed by atoms with Crippen LogP contribution in [-0.4, -0.2) is 25.2 Å². The number of ether oxygens (including phenoxy) is 2. The van der Waals surface area contributed by atoms with Gasteiger partial charge in [0.05, 0.1) is 24.6 Å². The van der Waals surface area contributed by atoms with Gasteiger partial charge in [-0.1, -0.05) is 12.1 Å². The minimum absolute atomic E-state index is 0.132. The third-order valence-electron chi connectivity index (χ3n) is 3.47. The first-order chi connectivity index (χ1) is 11.1. The minimum atomic E-state index is -0.303. The number of rotatable bonds is 4. The molecule has 0 bridgehead atoms. The first-order valence-electron chi connectivity index (χ1n) is 6.86. The van der Waals surface area contributed by atoms with Crippen molar-refractivity contribution in [3.63, 3.8) is 0 Å². The van der Waals surface area contributed by atoms with Crippen molar-refractivity contribution < 1.29 is 19.4 Å². The van der Waals surface area contributed by atoms with Gasteiger partial charge in [0.1, 0.15) is 0 Å². The molecule has 3 aromatic rings. The molecule has 0 radical (unpaired) electrons. The lowest BCUT2D eigenvalue weighted by molar-refractivity contribution is 0.102. The van der Waals surface area contributed by atoms with E-state index in [9.17, 15) is 9.90 Å². The van der Waals surface area contributed by atoms with E-state index >= 15 is 0 Å². The molecule has 5 nitrogen and oxygen atoms in total. The van der Waals surface area contributed by atoms with E-state index in [1.54, 1.807) is 11.3 Å². The molecule has 2 N–H and O–H groups in total. The Kier molecular flexibility index (Phi) is 4.08. The molecule has 0 atom stereocenters. The smallest absolute Gasteiger partial charge is 0.255 e. The normalized spacial score (nSPS) is 10.5. The van der Waals surface area contributed by atoms with Crippen LogP contribution < -0.4 is 14.8 Å². The van der Waals surface area contributed by atoms with E-state index in [1.807, 2.05) is 29.6 Å². The Bertz CT molecular complexity index is 847. The van der Waals surface area contributed by atoms with Gasteiger partial charge in [0, 0.05) is 5.56 Å². The SMILES string of the molecule is COc1cc(C(=O)Nc2cccc3ccsc23)cc(OC)c1O. The number of carbonyl (C=O) groups is 1. The van der Waals surface area contributed by atoms with Crippen molar-refractivity contribution in [1.82, 2.24) is 0 Å². The predicted octanol–water partition coefficient (Wildman–Crippen LogP) is 3.88. The van der Waals surface area contributed by atoms with Gasteiger partial charge in [-0.15, -0.1) is 11.3 Å². The number of amides is 1. The molecule has 0 aliphatic carbocycles. The number of nitrogens with one attached hydrogen (secondary N) is 1. The Morgan fingerprint density at radius 2 is 1.83 bits per heavy atom. The zero-order chi connectivity index (χ0) is 16.4. The lowest BCUT2D eigenvalue weighted by Crippen LogP contribution is -2.12. The van der Waals surface area contributed by atoms with Gasteiger partial charge < -0.3 is 19.9 Å². The van der Waals surface area contributed by atoms with Crippen LogP contribution in [0.5, 0.6) is 17.2 Å². The van der Waals surface area contributed by atoms with Crippen molar-refractivity contribution in [3.05, 3.63) is 47.3 Å². The monoisotopic (exact) mass is 329 g/mol. The molecule has 0 saturated heterocycles. The Balaban J connectivity index is 1.96. The van der Waals surface area contributed by atoms with Crippen molar-refractivity contribution in [3.8, 4) is 17.2 Å². The van der Waals surface area contributed by atoms with E-state index in [1.165, 1.54) is 26.4 Å². The van der Waals surface area contributed by atoms with Gasteiger partial charge in [-0.2, -0.15) is 0 Å². The number of benzene rings is 2. The van der Waals surface area contributed by atoms with Gasteiger partial charge in [0.2, 0.25) is 5.75 Å². The van der Waals surface area contributed by atoms with Crippen molar-refractivity contribution >= 4 is 33.0 Å². The Hall–Kier alpha value is -2.73. The standard InChI is InChI=1S/C17H15NO4S/c1-21-13-8-11(9-14(22-2)15(13)19)17(20)18-12-5-3-4-10-6-7-23-16(10)12/h3-9,19H,1-2H3,(H,18,20). The van der Waals surface area contributed by atoms with Crippen LogP contribution in [0.3, 0.4) is 0 Å². The molecule has 0 unspecified atom stereocenters. The van der Waals surface area contributed by atoms with Gasteiger partial charge in [-0.05, 0) is 35.0 Å². The summed E-state index contributed by atoms with van der Waals surface area (Å²) in [6.45, 7) is 0. The van der Waals surface area contributed by atoms with Crippen molar-refractivity contribution in [2.45, 2.75) is 0 Å². The molecule has 0 spiro atoms. The summed E-state index contributed by atoms with van der Waals surface area (Å²) >= 11 is 1.56. The number of phenolic OH excluding ortho intramolecular Hbond substituents is 1. The Morgan fingerprint density at radius 3 is 2.48 bits per heavy atom. The predicted molar refractivity (Wildman–Crippen MR) is 91.0 cm³/mol. The van der Waals surface area contributed by atoms with Crippen molar-refractivity contribution in [2.24, 2.45) is 0 Å². The van der Waals surface area contributed by atoms with Crippen LogP contribution in [-0.2, 0) is 0 Å². The van der Waals surface area contributed by atoms with E-state index < -0.39 is 0 Å². The first kappa shape index (κ1) is 15.2. The van der Waals surface area contributed by atoms with Crippen LogP contribution in [0, 0.1) is 0 Å². The van der Waals surface area contributed by atoms with Gasteiger partial charge in [0.25, 0.3) is 5.91 Å². The topological polar surface area (TPSA) is 67.8 Å². The minimum Gasteiger partial charge on any atom is -0.502 e. The summed E-state index contributed by atoms with van der Waals surface area (Å²) in [7, 11) is 2.84.